The number of alkyl halides is 2. The lowest BCUT2D eigenvalue weighted by molar-refractivity contribution is 0.0775. The second-order valence-electron chi connectivity index (χ2n) is 2.65. The van der Waals surface area contributed by atoms with Gasteiger partial charge in [0.15, 0.2) is 0 Å². The quantitative estimate of drug-likeness (QED) is 0.485. The van der Waals surface area contributed by atoms with E-state index in [2.05, 4.69) is 9.24 Å². The maximum atomic E-state index is 12.2. The van der Waals surface area contributed by atoms with Crippen LogP contribution in [-0.4, -0.2) is 12.1 Å². The van der Waals surface area contributed by atoms with E-state index in [0.29, 0.717) is 6.16 Å². The summed E-state index contributed by atoms with van der Waals surface area (Å²) in [6.07, 6.45) is 0.587. The molecule has 1 aliphatic carbocycles. The van der Waals surface area contributed by atoms with Gasteiger partial charge < -0.3 is 0 Å². The molecular formula is C5H9F2P. The molecule has 0 heterocycles. The summed E-state index contributed by atoms with van der Waals surface area (Å²) in [5.74, 6) is -2.37. The van der Waals surface area contributed by atoms with Crippen LogP contribution in [0, 0.1) is 5.41 Å². The van der Waals surface area contributed by atoms with Crippen molar-refractivity contribution >= 4 is 9.24 Å². The molecule has 1 saturated carbocycles. The van der Waals surface area contributed by atoms with E-state index < -0.39 is 11.3 Å². The second-order valence-corrected chi connectivity index (χ2v) is 3.05. The third-order valence-corrected chi connectivity index (χ3v) is 2.72. The van der Waals surface area contributed by atoms with Crippen LogP contribution in [0.2, 0.25) is 0 Å². The van der Waals surface area contributed by atoms with Gasteiger partial charge in [-0.3, -0.25) is 0 Å². The number of hydrogen-bond acceptors (Lipinski definition) is 0. The van der Waals surface area contributed by atoms with E-state index in [4.69, 9.17) is 0 Å². The molecule has 0 aromatic carbocycles. The highest BCUT2D eigenvalue weighted by Gasteiger charge is 2.66. The molecule has 0 aromatic rings. The molecule has 0 radical (unpaired) electrons. The van der Waals surface area contributed by atoms with Crippen LogP contribution in [0.4, 0.5) is 8.78 Å². The van der Waals surface area contributed by atoms with E-state index in [9.17, 15) is 8.78 Å². The zero-order valence-electron chi connectivity index (χ0n) is 4.75. The highest BCUT2D eigenvalue weighted by Crippen LogP contribution is 2.60. The van der Waals surface area contributed by atoms with Gasteiger partial charge in [-0.2, -0.15) is 0 Å². The molecule has 0 bridgehead atoms. The smallest absolute Gasteiger partial charge is 0.206 e. The fourth-order valence-electron chi connectivity index (χ4n) is 0.667. The predicted molar refractivity (Wildman–Crippen MR) is 32.2 cm³/mol. The Kier molecular flexibility index (Phi) is 1.13. The first-order valence-electron chi connectivity index (χ1n) is 2.60. The summed E-state index contributed by atoms with van der Waals surface area (Å²) in [5, 5.41) is 0. The fourth-order valence-corrected chi connectivity index (χ4v) is 1.11. The van der Waals surface area contributed by atoms with Crippen molar-refractivity contribution in [2.24, 2.45) is 5.41 Å². The van der Waals surface area contributed by atoms with Crippen LogP contribution in [0.25, 0.3) is 0 Å². The molecule has 0 nitrogen and oxygen atoms in total. The molecule has 1 fully saturated rings. The average Bonchev–Trinajstić information content (AvgIpc) is 2.10. The second kappa shape index (κ2) is 1.41. The van der Waals surface area contributed by atoms with Crippen LogP contribution in [0.5, 0.6) is 0 Å². The van der Waals surface area contributed by atoms with Crippen LogP contribution in [0.3, 0.4) is 0 Å². The molecule has 0 aliphatic heterocycles. The van der Waals surface area contributed by atoms with Crippen molar-refractivity contribution in [2.45, 2.75) is 19.3 Å². The minimum atomic E-state index is -2.37. The van der Waals surface area contributed by atoms with Gasteiger partial charge in [0.05, 0.1) is 0 Å². The summed E-state index contributed by atoms with van der Waals surface area (Å²) < 4.78 is 24.3. The Bertz CT molecular complexity index is 113. The maximum absolute atomic E-state index is 12.2. The molecule has 1 unspecified atom stereocenters. The SMILES string of the molecule is C[C@]1(CP)CC1(F)F. The van der Waals surface area contributed by atoms with Gasteiger partial charge in [0, 0.05) is 11.8 Å². The van der Waals surface area contributed by atoms with E-state index in [1.54, 1.807) is 6.92 Å². The minimum absolute atomic E-state index is 0.0729. The van der Waals surface area contributed by atoms with Gasteiger partial charge >= 0.3 is 0 Å². The Balaban J connectivity index is 2.55. The molecule has 0 N–H and O–H groups in total. The predicted octanol–water partition coefficient (Wildman–Crippen LogP) is 1.91. The summed E-state index contributed by atoms with van der Waals surface area (Å²) in [6.45, 7) is 1.61. The molecule has 0 spiro atoms. The third kappa shape index (κ3) is 0.663. The van der Waals surface area contributed by atoms with Gasteiger partial charge in [0.2, 0.25) is 0 Å². The van der Waals surface area contributed by atoms with Crippen molar-refractivity contribution in [1.29, 1.82) is 0 Å². The summed E-state index contributed by atoms with van der Waals surface area (Å²) in [5.41, 5.74) is -0.683. The molecule has 3 heteroatoms. The lowest BCUT2D eigenvalue weighted by atomic mass is 10.2. The molecule has 2 atom stereocenters. The van der Waals surface area contributed by atoms with Gasteiger partial charge in [-0.25, -0.2) is 8.78 Å². The molecule has 48 valence electrons. The summed E-state index contributed by atoms with van der Waals surface area (Å²) >= 11 is 0. The van der Waals surface area contributed by atoms with E-state index in [1.807, 2.05) is 0 Å². The lowest BCUT2D eigenvalue weighted by Gasteiger charge is -2.02. The lowest BCUT2D eigenvalue weighted by Crippen LogP contribution is -2.06. The topological polar surface area (TPSA) is 0 Å². The first kappa shape index (κ1) is 6.41. The Morgan fingerprint density at radius 3 is 2.00 bits per heavy atom. The zero-order valence-corrected chi connectivity index (χ0v) is 5.90. The molecule has 1 rings (SSSR count). The largest absolute Gasteiger partial charge is 0.254 e. The summed E-state index contributed by atoms with van der Waals surface area (Å²) in [4.78, 5) is 0. The normalized spacial score (nSPS) is 42.0. The van der Waals surface area contributed by atoms with Gasteiger partial charge in [-0.1, -0.05) is 6.92 Å². The van der Waals surface area contributed by atoms with E-state index >= 15 is 0 Å². The Labute approximate surface area is 49.9 Å². The summed E-state index contributed by atoms with van der Waals surface area (Å²) in [6, 6.07) is 0. The Morgan fingerprint density at radius 2 is 2.00 bits per heavy atom. The Morgan fingerprint density at radius 1 is 1.62 bits per heavy atom. The number of rotatable bonds is 1. The van der Waals surface area contributed by atoms with Crippen LogP contribution in [0.1, 0.15) is 13.3 Å². The molecule has 0 saturated heterocycles. The van der Waals surface area contributed by atoms with Crippen molar-refractivity contribution in [3.63, 3.8) is 0 Å². The highest BCUT2D eigenvalue weighted by molar-refractivity contribution is 7.16. The number of hydrogen-bond donors (Lipinski definition) is 0. The standard InChI is InChI=1S/C5H9F2P/c1-4(3-8)2-5(4,6)7/h2-3,8H2,1H3/t4-/m1/s1. The molecule has 0 aromatic heterocycles. The van der Waals surface area contributed by atoms with E-state index in [1.165, 1.54) is 0 Å². The van der Waals surface area contributed by atoms with Crippen molar-refractivity contribution in [2.75, 3.05) is 6.16 Å². The van der Waals surface area contributed by atoms with E-state index in [0.717, 1.165) is 0 Å². The first-order chi connectivity index (χ1) is 3.52. The maximum Gasteiger partial charge on any atom is 0.254 e. The molecule has 8 heavy (non-hydrogen) atoms. The van der Waals surface area contributed by atoms with Crippen molar-refractivity contribution in [3.8, 4) is 0 Å². The van der Waals surface area contributed by atoms with Crippen molar-refractivity contribution in [1.82, 2.24) is 0 Å². The highest BCUT2D eigenvalue weighted by atomic mass is 31.0. The molecule has 1 aliphatic rings. The van der Waals surface area contributed by atoms with Crippen LogP contribution in [0.15, 0.2) is 0 Å². The van der Waals surface area contributed by atoms with Crippen molar-refractivity contribution in [3.05, 3.63) is 0 Å². The van der Waals surface area contributed by atoms with Crippen molar-refractivity contribution < 1.29 is 8.78 Å². The fraction of sp³-hybridized carbons (Fsp3) is 1.00. The van der Waals surface area contributed by atoms with Gasteiger partial charge in [0.1, 0.15) is 0 Å². The number of halogens is 2. The Hall–Kier alpha value is 0.290. The van der Waals surface area contributed by atoms with Gasteiger partial charge in [-0.15, -0.1) is 9.24 Å². The van der Waals surface area contributed by atoms with Crippen LogP contribution >= 0.6 is 9.24 Å². The molecular weight excluding hydrogens is 129 g/mol. The van der Waals surface area contributed by atoms with E-state index in [-0.39, 0.29) is 6.42 Å². The van der Waals surface area contributed by atoms with Gasteiger partial charge in [-0.05, 0) is 6.16 Å². The summed E-state index contributed by atoms with van der Waals surface area (Å²) in [7, 11) is 2.35. The zero-order chi connectivity index (χ0) is 6.41. The molecule has 0 amide bonds. The van der Waals surface area contributed by atoms with Crippen LogP contribution in [-0.2, 0) is 0 Å². The average molecular weight is 138 g/mol. The third-order valence-electron chi connectivity index (χ3n) is 1.82. The van der Waals surface area contributed by atoms with Gasteiger partial charge in [0.25, 0.3) is 5.92 Å². The first-order valence-corrected chi connectivity index (χ1v) is 3.41. The minimum Gasteiger partial charge on any atom is -0.206 e. The van der Waals surface area contributed by atoms with Crippen LogP contribution < -0.4 is 0 Å². The monoisotopic (exact) mass is 138 g/mol.